The van der Waals surface area contributed by atoms with Crippen LogP contribution in [0.5, 0.6) is 0 Å². The van der Waals surface area contributed by atoms with Crippen LogP contribution in [-0.4, -0.2) is 34.3 Å². The summed E-state index contributed by atoms with van der Waals surface area (Å²) in [4.78, 5) is 11.4. The topological polar surface area (TPSA) is 63.7 Å². The zero-order valence-electron chi connectivity index (χ0n) is 10.0. The van der Waals surface area contributed by atoms with E-state index in [4.69, 9.17) is 4.74 Å². The maximum absolute atomic E-state index is 11.4. The summed E-state index contributed by atoms with van der Waals surface area (Å²) in [5.74, 6) is -0.416. The molecular weight excluding hydrogens is 242 g/mol. The molecule has 0 aliphatic rings. The third-order valence-electron chi connectivity index (χ3n) is 2.24. The van der Waals surface area contributed by atoms with Crippen molar-refractivity contribution in [2.45, 2.75) is 6.92 Å². The molecule has 0 saturated carbocycles. The average Bonchev–Trinajstić information content (AvgIpc) is 2.27. The molecule has 0 radical (unpaired) electrons. The molecule has 0 spiro atoms. The van der Waals surface area contributed by atoms with E-state index >= 15 is 0 Å². The van der Waals surface area contributed by atoms with Gasteiger partial charge in [-0.1, -0.05) is 0 Å². The van der Waals surface area contributed by atoms with Gasteiger partial charge in [0.1, 0.15) is 0 Å². The van der Waals surface area contributed by atoms with Crippen LogP contribution < -0.4 is 4.31 Å². The molecule has 0 aromatic heterocycles. The molecule has 6 heteroatoms. The lowest BCUT2D eigenvalue weighted by atomic mass is 10.2. The first kappa shape index (κ1) is 13.5. The van der Waals surface area contributed by atoms with Crippen LogP contribution in [0.2, 0.25) is 0 Å². The molecule has 0 amide bonds. The van der Waals surface area contributed by atoms with Crippen LogP contribution in [0.25, 0.3) is 0 Å². The minimum absolute atomic E-state index is 0.309. The van der Waals surface area contributed by atoms with Crippen LogP contribution in [0.3, 0.4) is 0 Å². The quantitative estimate of drug-likeness (QED) is 0.762. The van der Waals surface area contributed by atoms with Crippen LogP contribution in [-0.2, 0) is 14.8 Å². The van der Waals surface area contributed by atoms with Gasteiger partial charge in [0.2, 0.25) is 10.0 Å². The van der Waals surface area contributed by atoms with Crippen molar-refractivity contribution < 1.29 is 17.9 Å². The number of carbonyl (C=O) groups is 1. The van der Waals surface area contributed by atoms with Gasteiger partial charge in [-0.3, -0.25) is 4.31 Å². The van der Waals surface area contributed by atoms with Crippen molar-refractivity contribution in [3.63, 3.8) is 0 Å². The molecular formula is C11H15NO4S. The molecule has 1 aromatic rings. The van der Waals surface area contributed by atoms with E-state index in [9.17, 15) is 13.2 Å². The number of hydrogen-bond donors (Lipinski definition) is 0. The van der Waals surface area contributed by atoms with E-state index < -0.39 is 16.0 Å². The Hall–Kier alpha value is -1.56. The van der Waals surface area contributed by atoms with E-state index in [1.54, 1.807) is 19.1 Å². The first-order valence-corrected chi connectivity index (χ1v) is 6.92. The second-order valence-electron chi connectivity index (χ2n) is 3.50. The predicted molar refractivity (Wildman–Crippen MR) is 65.6 cm³/mol. The summed E-state index contributed by atoms with van der Waals surface area (Å²) < 4.78 is 28.5. The fourth-order valence-electron chi connectivity index (χ4n) is 1.21. The normalized spacial score (nSPS) is 11.0. The minimum atomic E-state index is -3.28. The molecule has 0 unspecified atom stereocenters. The van der Waals surface area contributed by atoms with Gasteiger partial charge in [0.25, 0.3) is 0 Å². The summed E-state index contributed by atoms with van der Waals surface area (Å²) in [5, 5.41) is 0. The Morgan fingerprint density at radius 3 is 2.24 bits per heavy atom. The molecule has 0 fully saturated rings. The molecule has 5 nitrogen and oxygen atoms in total. The third-order valence-corrected chi connectivity index (χ3v) is 3.45. The standard InChI is InChI=1S/C11H15NO4S/c1-4-16-11(13)9-5-7-10(8-6-9)12(2)17(3,14)15/h5-8H,4H2,1-3H3. The number of nitrogens with zero attached hydrogens (tertiary/aromatic N) is 1. The molecule has 1 aromatic carbocycles. The molecule has 0 aliphatic carbocycles. The van der Waals surface area contributed by atoms with E-state index in [1.807, 2.05) is 0 Å². The molecule has 1 rings (SSSR count). The molecule has 0 bridgehead atoms. The van der Waals surface area contributed by atoms with Crippen LogP contribution in [0, 0.1) is 0 Å². The number of ether oxygens (including phenoxy) is 1. The fraction of sp³-hybridized carbons (Fsp3) is 0.364. The van der Waals surface area contributed by atoms with Crippen molar-refractivity contribution in [3.8, 4) is 0 Å². The Kier molecular flexibility index (Phi) is 4.11. The van der Waals surface area contributed by atoms with E-state index in [1.165, 1.54) is 19.2 Å². The van der Waals surface area contributed by atoms with Gasteiger partial charge < -0.3 is 4.74 Å². The summed E-state index contributed by atoms with van der Waals surface area (Å²) >= 11 is 0. The van der Waals surface area contributed by atoms with Gasteiger partial charge >= 0.3 is 5.97 Å². The van der Waals surface area contributed by atoms with Crippen LogP contribution in [0.4, 0.5) is 5.69 Å². The van der Waals surface area contributed by atoms with E-state index in [0.717, 1.165) is 10.6 Å². The Morgan fingerprint density at radius 2 is 1.82 bits per heavy atom. The highest BCUT2D eigenvalue weighted by atomic mass is 32.2. The first-order valence-electron chi connectivity index (χ1n) is 5.07. The zero-order chi connectivity index (χ0) is 13.1. The van der Waals surface area contributed by atoms with Crippen molar-refractivity contribution in [2.24, 2.45) is 0 Å². The first-order chi connectivity index (χ1) is 7.86. The van der Waals surface area contributed by atoms with Gasteiger partial charge in [-0.25, -0.2) is 13.2 Å². The molecule has 17 heavy (non-hydrogen) atoms. The molecule has 94 valence electrons. The lowest BCUT2D eigenvalue weighted by Gasteiger charge is -2.16. The Morgan fingerprint density at radius 1 is 1.29 bits per heavy atom. The van der Waals surface area contributed by atoms with Crippen LogP contribution >= 0.6 is 0 Å². The van der Waals surface area contributed by atoms with Crippen molar-refractivity contribution in [1.29, 1.82) is 0 Å². The summed E-state index contributed by atoms with van der Waals surface area (Å²) in [5.41, 5.74) is 0.901. The largest absolute Gasteiger partial charge is 0.462 e. The van der Waals surface area contributed by atoms with Gasteiger partial charge in [-0.2, -0.15) is 0 Å². The average molecular weight is 257 g/mol. The number of carbonyl (C=O) groups excluding carboxylic acids is 1. The Balaban J connectivity index is 2.92. The maximum Gasteiger partial charge on any atom is 0.338 e. The third kappa shape index (κ3) is 3.45. The van der Waals surface area contributed by atoms with Crippen molar-refractivity contribution in [1.82, 2.24) is 0 Å². The summed E-state index contributed by atoms with van der Waals surface area (Å²) in [6, 6.07) is 6.20. The predicted octanol–water partition coefficient (Wildman–Crippen LogP) is 1.26. The lowest BCUT2D eigenvalue weighted by molar-refractivity contribution is 0.0526. The van der Waals surface area contributed by atoms with Crippen LogP contribution in [0.1, 0.15) is 17.3 Å². The highest BCUT2D eigenvalue weighted by Crippen LogP contribution is 2.16. The SMILES string of the molecule is CCOC(=O)c1ccc(N(C)S(C)(=O)=O)cc1. The number of anilines is 1. The smallest absolute Gasteiger partial charge is 0.338 e. The minimum Gasteiger partial charge on any atom is -0.462 e. The van der Waals surface area contributed by atoms with Crippen molar-refractivity contribution in [3.05, 3.63) is 29.8 Å². The van der Waals surface area contributed by atoms with Crippen molar-refractivity contribution in [2.75, 3.05) is 24.2 Å². The molecule has 0 N–H and O–H groups in total. The second-order valence-corrected chi connectivity index (χ2v) is 5.51. The molecule has 0 atom stereocenters. The molecule has 0 heterocycles. The highest BCUT2D eigenvalue weighted by Gasteiger charge is 2.12. The number of hydrogen-bond acceptors (Lipinski definition) is 4. The zero-order valence-corrected chi connectivity index (χ0v) is 10.8. The van der Waals surface area contributed by atoms with Gasteiger partial charge in [-0.15, -0.1) is 0 Å². The van der Waals surface area contributed by atoms with Gasteiger partial charge in [0, 0.05) is 7.05 Å². The monoisotopic (exact) mass is 257 g/mol. The molecule has 0 aliphatic heterocycles. The summed E-state index contributed by atoms with van der Waals surface area (Å²) in [6.07, 6.45) is 1.12. The summed E-state index contributed by atoms with van der Waals surface area (Å²) in [6.45, 7) is 2.04. The Bertz CT molecular complexity index is 493. The van der Waals surface area contributed by atoms with Gasteiger partial charge in [0.05, 0.1) is 24.1 Å². The number of benzene rings is 1. The van der Waals surface area contributed by atoms with E-state index in [0.29, 0.717) is 17.9 Å². The Labute approximate surface area is 101 Å². The second kappa shape index (κ2) is 5.18. The maximum atomic E-state index is 11.4. The van der Waals surface area contributed by atoms with E-state index in [2.05, 4.69) is 0 Å². The van der Waals surface area contributed by atoms with E-state index in [-0.39, 0.29) is 0 Å². The number of sulfonamides is 1. The fourth-order valence-corrected chi connectivity index (χ4v) is 1.72. The van der Waals surface area contributed by atoms with Crippen LogP contribution in [0.15, 0.2) is 24.3 Å². The number of rotatable bonds is 4. The number of esters is 1. The lowest BCUT2D eigenvalue weighted by Crippen LogP contribution is -2.24. The summed E-state index contributed by atoms with van der Waals surface area (Å²) in [7, 11) is -1.83. The van der Waals surface area contributed by atoms with Gasteiger partial charge in [-0.05, 0) is 31.2 Å². The highest BCUT2D eigenvalue weighted by molar-refractivity contribution is 7.92. The van der Waals surface area contributed by atoms with Crippen molar-refractivity contribution >= 4 is 21.7 Å². The van der Waals surface area contributed by atoms with Gasteiger partial charge in [0.15, 0.2) is 0 Å². The molecule has 0 saturated heterocycles.